The average molecular weight is 494 g/mol. The van der Waals surface area contributed by atoms with E-state index < -0.39 is 17.8 Å². The fourth-order valence-corrected chi connectivity index (χ4v) is 2.90. The number of nitrogens with zero attached hydrogens (tertiary/aromatic N) is 1. The molecule has 0 aliphatic carbocycles. The van der Waals surface area contributed by atoms with E-state index in [-0.39, 0.29) is 6.54 Å². The Morgan fingerprint density at radius 3 is 2.17 bits per heavy atom. The summed E-state index contributed by atoms with van der Waals surface area (Å²) < 4.78 is 10.9. The zero-order chi connectivity index (χ0) is 25.0. The monoisotopic (exact) mass is 493 g/mol. The molecule has 0 saturated heterocycles. The third-order valence-electron chi connectivity index (χ3n) is 4.57. The van der Waals surface area contributed by atoms with Crippen molar-refractivity contribution in [3.05, 3.63) is 94.5 Å². The predicted molar refractivity (Wildman–Crippen MR) is 133 cm³/mol. The molecule has 0 atom stereocenters. The molecule has 3 aromatic carbocycles. The van der Waals surface area contributed by atoms with E-state index in [0.29, 0.717) is 39.8 Å². The summed E-state index contributed by atoms with van der Waals surface area (Å²) in [6.07, 6.45) is 2.33. The topological polar surface area (TPSA) is 106 Å². The van der Waals surface area contributed by atoms with Gasteiger partial charge in [-0.05, 0) is 84.8 Å². The highest BCUT2D eigenvalue weighted by molar-refractivity contribution is 6.30. The molecule has 0 fully saturated rings. The van der Waals surface area contributed by atoms with Crippen LogP contribution in [0.4, 0.5) is 0 Å². The molecule has 3 rings (SSSR count). The highest BCUT2D eigenvalue weighted by Crippen LogP contribution is 2.16. The number of benzene rings is 3. The number of rotatable bonds is 10. The second-order valence-corrected chi connectivity index (χ2v) is 7.75. The predicted octanol–water partition coefficient (Wildman–Crippen LogP) is 4.23. The molecular weight excluding hydrogens is 470 g/mol. The summed E-state index contributed by atoms with van der Waals surface area (Å²) in [5.74, 6) is -0.302. The quantitative estimate of drug-likeness (QED) is 0.190. The van der Waals surface area contributed by atoms with Crippen molar-refractivity contribution in [1.82, 2.24) is 10.7 Å². The SMILES string of the molecule is CCCOc1ccc(C(=O)Oc2ccc(/C=N/NC(=O)CNC(=O)c3ccc(Cl)cc3)cc2)cc1. The van der Waals surface area contributed by atoms with Crippen LogP contribution in [-0.4, -0.2) is 37.1 Å². The van der Waals surface area contributed by atoms with Gasteiger partial charge in [0.25, 0.3) is 11.8 Å². The molecule has 0 radical (unpaired) electrons. The molecule has 180 valence electrons. The van der Waals surface area contributed by atoms with Gasteiger partial charge in [0.15, 0.2) is 0 Å². The lowest BCUT2D eigenvalue weighted by atomic mass is 10.2. The minimum absolute atomic E-state index is 0.237. The van der Waals surface area contributed by atoms with Crippen molar-refractivity contribution in [2.24, 2.45) is 5.10 Å². The Bertz CT molecular complexity index is 1180. The summed E-state index contributed by atoms with van der Waals surface area (Å²) >= 11 is 5.79. The van der Waals surface area contributed by atoms with Gasteiger partial charge in [0, 0.05) is 10.6 Å². The number of carbonyl (C=O) groups excluding carboxylic acids is 3. The van der Waals surface area contributed by atoms with Gasteiger partial charge in [-0.25, -0.2) is 10.2 Å². The van der Waals surface area contributed by atoms with Gasteiger partial charge in [0.2, 0.25) is 0 Å². The number of hydrogen-bond acceptors (Lipinski definition) is 6. The van der Waals surface area contributed by atoms with Gasteiger partial charge in [-0.15, -0.1) is 0 Å². The van der Waals surface area contributed by atoms with Crippen molar-refractivity contribution in [3.8, 4) is 11.5 Å². The number of hydrogen-bond donors (Lipinski definition) is 2. The lowest BCUT2D eigenvalue weighted by Crippen LogP contribution is -2.34. The Balaban J connectivity index is 1.43. The van der Waals surface area contributed by atoms with Gasteiger partial charge >= 0.3 is 5.97 Å². The fraction of sp³-hybridized carbons (Fsp3) is 0.154. The Morgan fingerprint density at radius 1 is 0.886 bits per heavy atom. The van der Waals surface area contributed by atoms with E-state index in [0.717, 1.165) is 6.42 Å². The lowest BCUT2D eigenvalue weighted by molar-refractivity contribution is -0.120. The van der Waals surface area contributed by atoms with E-state index >= 15 is 0 Å². The zero-order valence-electron chi connectivity index (χ0n) is 19.0. The van der Waals surface area contributed by atoms with Crippen LogP contribution in [0.15, 0.2) is 77.9 Å². The van der Waals surface area contributed by atoms with Crippen molar-refractivity contribution < 1.29 is 23.9 Å². The molecule has 0 saturated carbocycles. The molecule has 0 bridgehead atoms. The molecule has 8 nitrogen and oxygen atoms in total. The molecule has 0 heterocycles. The molecule has 2 amide bonds. The van der Waals surface area contributed by atoms with Gasteiger partial charge in [-0.1, -0.05) is 18.5 Å². The first-order valence-corrected chi connectivity index (χ1v) is 11.2. The van der Waals surface area contributed by atoms with Gasteiger partial charge in [-0.2, -0.15) is 5.10 Å². The molecular formula is C26H24ClN3O5. The first kappa shape index (κ1) is 25.5. The van der Waals surface area contributed by atoms with Crippen LogP contribution in [0.5, 0.6) is 11.5 Å². The Labute approximate surface area is 207 Å². The van der Waals surface area contributed by atoms with Crippen molar-refractivity contribution in [1.29, 1.82) is 0 Å². The van der Waals surface area contributed by atoms with Crippen LogP contribution in [0.3, 0.4) is 0 Å². The average Bonchev–Trinajstić information content (AvgIpc) is 2.87. The standard InChI is InChI=1S/C26H24ClN3O5/c1-2-15-34-22-13-7-20(8-14-22)26(33)35-23-11-3-18(4-12-23)16-29-30-24(31)17-28-25(32)19-5-9-21(27)10-6-19/h3-14,16H,2,15,17H2,1H3,(H,28,32)(H,30,31)/b29-16+. The lowest BCUT2D eigenvalue weighted by Gasteiger charge is -2.07. The van der Waals surface area contributed by atoms with Crippen molar-refractivity contribution >= 4 is 35.6 Å². The van der Waals surface area contributed by atoms with E-state index in [1.165, 1.54) is 6.21 Å². The van der Waals surface area contributed by atoms with Crippen LogP contribution >= 0.6 is 11.6 Å². The van der Waals surface area contributed by atoms with Gasteiger partial charge in [0.1, 0.15) is 11.5 Å². The summed E-state index contributed by atoms with van der Waals surface area (Å²) in [4.78, 5) is 36.2. The molecule has 2 N–H and O–H groups in total. The van der Waals surface area contributed by atoms with Crippen LogP contribution in [0.25, 0.3) is 0 Å². The minimum atomic E-state index is -0.486. The van der Waals surface area contributed by atoms with E-state index in [9.17, 15) is 14.4 Å². The van der Waals surface area contributed by atoms with E-state index in [1.807, 2.05) is 6.92 Å². The highest BCUT2D eigenvalue weighted by atomic mass is 35.5. The largest absolute Gasteiger partial charge is 0.494 e. The molecule has 0 spiro atoms. The normalized spacial score (nSPS) is 10.6. The number of nitrogens with one attached hydrogen (secondary N) is 2. The Hall–Kier alpha value is -4.17. The number of carbonyl (C=O) groups is 3. The number of hydrazone groups is 1. The van der Waals surface area contributed by atoms with E-state index in [2.05, 4.69) is 15.8 Å². The Kier molecular flexibility index (Phi) is 9.39. The highest BCUT2D eigenvalue weighted by Gasteiger charge is 2.09. The molecule has 0 unspecified atom stereocenters. The van der Waals surface area contributed by atoms with E-state index in [1.54, 1.807) is 72.8 Å². The first-order chi connectivity index (χ1) is 16.9. The third kappa shape index (κ3) is 8.28. The van der Waals surface area contributed by atoms with Gasteiger partial charge in [0.05, 0.1) is 24.9 Å². The third-order valence-corrected chi connectivity index (χ3v) is 4.82. The summed E-state index contributed by atoms with van der Waals surface area (Å²) in [5, 5.41) is 6.87. The molecule has 9 heteroatoms. The minimum Gasteiger partial charge on any atom is -0.494 e. The van der Waals surface area contributed by atoms with Crippen molar-refractivity contribution in [2.45, 2.75) is 13.3 Å². The molecule has 35 heavy (non-hydrogen) atoms. The van der Waals surface area contributed by atoms with Crippen LogP contribution in [0.2, 0.25) is 5.02 Å². The molecule has 0 aliphatic rings. The van der Waals surface area contributed by atoms with Gasteiger partial charge in [-0.3, -0.25) is 9.59 Å². The Morgan fingerprint density at radius 2 is 1.51 bits per heavy atom. The van der Waals surface area contributed by atoms with Crippen LogP contribution in [0.1, 0.15) is 39.6 Å². The maximum absolute atomic E-state index is 12.3. The van der Waals surface area contributed by atoms with Crippen LogP contribution < -0.4 is 20.2 Å². The van der Waals surface area contributed by atoms with Crippen LogP contribution in [0, 0.1) is 0 Å². The van der Waals surface area contributed by atoms with Crippen molar-refractivity contribution in [3.63, 3.8) is 0 Å². The molecule has 3 aromatic rings. The van der Waals surface area contributed by atoms with E-state index in [4.69, 9.17) is 21.1 Å². The van der Waals surface area contributed by atoms with Gasteiger partial charge < -0.3 is 14.8 Å². The molecule has 0 aliphatic heterocycles. The summed E-state index contributed by atoms with van der Waals surface area (Å²) in [5.41, 5.74) is 3.81. The number of halogens is 1. The molecule has 0 aromatic heterocycles. The maximum Gasteiger partial charge on any atom is 0.343 e. The van der Waals surface area contributed by atoms with Crippen LogP contribution in [-0.2, 0) is 4.79 Å². The smallest absolute Gasteiger partial charge is 0.343 e. The van der Waals surface area contributed by atoms with Crippen molar-refractivity contribution in [2.75, 3.05) is 13.2 Å². The second kappa shape index (κ2) is 12.9. The summed E-state index contributed by atoms with van der Waals surface area (Å²) in [6.45, 7) is 2.40. The number of amides is 2. The summed E-state index contributed by atoms with van der Waals surface area (Å²) in [7, 11) is 0. The second-order valence-electron chi connectivity index (χ2n) is 7.31. The first-order valence-electron chi connectivity index (χ1n) is 10.9. The zero-order valence-corrected chi connectivity index (χ0v) is 19.7. The number of esters is 1. The number of ether oxygens (including phenoxy) is 2. The summed E-state index contributed by atoms with van der Waals surface area (Å²) in [6, 6.07) is 19.7. The fourth-order valence-electron chi connectivity index (χ4n) is 2.78. The maximum atomic E-state index is 12.3.